The maximum absolute atomic E-state index is 14.9. The Morgan fingerprint density at radius 2 is 1.15 bits per heavy atom. The Morgan fingerprint density at radius 1 is 0.677 bits per heavy atom. The first-order valence-corrected chi connectivity index (χ1v) is 23.3. The lowest BCUT2D eigenvalue weighted by atomic mass is 9.71. The molecule has 15 heteroatoms. The molecular formula is C50H60N8O7. The third-order valence-electron chi connectivity index (χ3n) is 14.5. The maximum Gasteiger partial charge on any atom is 0.407 e. The number of hydrogen-bond acceptors (Lipinski definition) is 9. The number of amides is 4. The number of benzene rings is 3. The molecule has 65 heavy (non-hydrogen) atoms. The largest absolute Gasteiger partial charge is 0.453 e. The third kappa shape index (κ3) is 8.00. The summed E-state index contributed by atoms with van der Waals surface area (Å²) in [6.45, 7) is 8.74. The van der Waals surface area contributed by atoms with Crippen LogP contribution in [0, 0.1) is 17.3 Å². The molecule has 4 N–H and O–H groups in total. The van der Waals surface area contributed by atoms with Crippen LogP contribution in [-0.4, -0.2) is 98.9 Å². The summed E-state index contributed by atoms with van der Waals surface area (Å²) in [6, 6.07) is 14.5. The third-order valence-corrected chi connectivity index (χ3v) is 14.5. The Balaban J connectivity index is 1.04. The molecule has 2 aliphatic heterocycles. The van der Waals surface area contributed by atoms with E-state index in [0.717, 1.165) is 113 Å². The number of carbonyl (C=O) groups excluding carboxylic acids is 5. The van der Waals surface area contributed by atoms with E-state index >= 15 is 0 Å². The minimum atomic E-state index is -0.727. The summed E-state index contributed by atoms with van der Waals surface area (Å²) in [4.78, 5) is 87.6. The predicted octanol–water partition coefficient (Wildman–Crippen LogP) is 8.55. The van der Waals surface area contributed by atoms with Crippen molar-refractivity contribution in [2.24, 2.45) is 17.3 Å². The van der Waals surface area contributed by atoms with Crippen LogP contribution in [-0.2, 0) is 25.5 Å². The smallest absolute Gasteiger partial charge is 0.407 e. The molecule has 4 aliphatic rings. The fourth-order valence-electron chi connectivity index (χ4n) is 11.0. The Morgan fingerprint density at radius 3 is 1.63 bits per heavy atom. The molecule has 1 spiro atoms. The highest BCUT2D eigenvalue weighted by Crippen LogP contribution is 2.52. The number of hydrogen-bond donors (Lipinski definition) is 4. The number of rotatable bonds is 10. The van der Waals surface area contributed by atoms with Gasteiger partial charge in [0.15, 0.2) is 5.78 Å². The van der Waals surface area contributed by atoms with Crippen LogP contribution in [0.5, 0.6) is 0 Å². The zero-order chi connectivity index (χ0) is 45.7. The van der Waals surface area contributed by atoms with E-state index in [0.29, 0.717) is 31.2 Å². The molecule has 4 heterocycles. The number of alkyl carbamates (subject to hydrolysis) is 2. The molecule has 0 unspecified atom stereocenters. The van der Waals surface area contributed by atoms with Crippen LogP contribution in [0.3, 0.4) is 0 Å². The summed E-state index contributed by atoms with van der Waals surface area (Å²) < 4.78 is 9.63. The minimum absolute atomic E-state index is 0.135. The first-order valence-electron chi connectivity index (χ1n) is 23.3. The summed E-state index contributed by atoms with van der Waals surface area (Å²) in [6.07, 6.45) is 7.49. The normalized spacial score (nSPS) is 20.2. The second-order valence-electron chi connectivity index (χ2n) is 19.2. The number of Topliss-reactive ketones (excluding diaryl/α,β-unsaturated/α-hetero) is 1. The zero-order valence-electron chi connectivity index (χ0n) is 38.2. The van der Waals surface area contributed by atoms with E-state index in [9.17, 15) is 24.0 Å². The number of nitrogens with zero attached hydrogens (tertiary/aromatic N) is 4. The highest BCUT2D eigenvalue weighted by molar-refractivity contribution is 6.12. The Hall–Kier alpha value is -6.25. The van der Waals surface area contributed by atoms with Crippen molar-refractivity contribution in [2.75, 3.05) is 27.3 Å². The number of aromatic nitrogens is 4. The van der Waals surface area contributed by atoms with Gasteiger partial charge in [-0.15, -0.1) is 0 Å². The van der Waals surface area contributed by atoms with Crippen molar-refractivity contribution in [1.29, 1.82) is 0 Å². The van der Waals surface area contributed by atoms with Crippen molar-refractivity contribution in [3.8, 4) is 22.3 Å². The highest BCUT2D eigenvalue weighted by Gasteiger charge is 2.48. The van der Waals surface area contributed by atoms with Crippen LogP contribution in [0.2, 0.25) is 0 Å². The molecule has 0 radical (unpaired) electrons. The predicted molar refractivity (Wildman–Crippen MR) is 246 cm³/mol. The lowest BCUT2D eigenvalue weighted by Gasteiger charge is -2.31. The van der Waals surface area contributed by atoms with Gasteiger partial charge in [-0.2, -0.15) is 0 Å². The first kappa shape index (κ1) is 44.0. The van der Waals surface area contributed by atoms with Gasteiger partial charge in [0.25, 0.3) is 0 Å². The summed E-state index contributed by atoms with van der Waals surface area (Å²) in [7, 11) is 2.58. The van der Waals surface area contributed by atoms with E-state index in [1.807, 2.05) is 55.7 Å². The lowest BCUT2D eigenvalue weighted by molar-refractivity contribution is -0.136. The van der Waals surface area contributed by atoms with Gasteiger partial charge in [-0.1, -0.05) is 71.2 Å². The standard InChI is InChI=1S/C50H60N8O7/c1-27(2)41(55-48(62)64-5)46(60)57-22-10-12-38(57)44-51-34-18-14-29(24-36(34)53-44)31-16-17-32(40-33(31)26-50(43(40)59)20-8-7-9-21-50)30-15-19-35-37(25-30)54-45(52-35)39-13-11-23-58(39)47(61)42(28(3)4)56-49(63)65-6/h14-19,24-25,27-28,38-39,41-42H,7-13,20-23,26H2,1-6H3,(H,51,53)(H,52,54)(H,55,62)(H,56,63)/t38-,39-,41-,42-/m0/s1. The van der Waals surface area contributed by atoms with E-state index in [-0.39, 0.29) is 41.5 Å². The molecule has 342 valence electrons. The minimum Gasteiger partial charge on any atom is -0.453 e. The molecule has 3 aromatic carbocycles. The number of ketones is 1. The fraction of sp³-hybridized carbons (Fsp3) is 0.500. The first-order chi connectivity index (χ1) is 31.3. The van der Waals surface area contributed by atoms with Crippen molar-refractivity contribution in [2.45, 2.75) is 116 Å². The fourth-order valence-corrected chi connectivity index (χ4v) is 11.0. The number of H-pyrrole nitrogens is 2. The molecule has 4 amide bonds. The van der Waals surface area contributed by atoms with Gasteiger partial charge in [-0.05, 0) is 109 Å². The second-order valence-corrected chi connectivity index (χ2v) is 19.2. The van der Waals surface area contributed by atoms with E-state index in [1.54, 1.807) is 0 Å². The van der Waals surface area contributed by atoms with Gasteiger partial charge in [0, 0.05) is 24.1 Å². The molecule has 1 saturated carbocycles. The average Bonchev–Trinajstić information content (AvgIpc) is 4.16. The van der Waals surface area contributed by atoms with E-state index < -0.39 is 29.7 Å². The SMILES string of the molecule is COC(=O)N[C@H](C(=O)N1CCC[C@H]1c1nc2ccc(-c3ccc(-c4ccc5nc([C@@H]6CCCN6C(=O)[C@@H](NC(=O)OC)C(C)C)[nH]c5c4)c4c3CC3(CCCCC3)C4=O)cc2[nH]1)C(C)C. The van der Waals surface area contributed by atoms with Crippen molar-refractivity contribution >= 4 is 51.9 Å². The van der Waals surface area contributed by atoms with Gasteiger partial charge in [0.05, 0.1) is 48.4 Å². The van der Waals surface area contributed by atoms with Gasteiger partial charge in [-0.3, -0.25) is 14.4 Å². The lowest BCUT2D eigenvalue weighted by Crippen LogP contribution is -2.51. The van der Waals surface area contributed by atoms with Crippen molar-refractivity contribution < 1.29 is 33.4 Å². The monoisotopic (exact) mass is 884 g/mol. The van der Waals surface area contributed by atoms with Crippen LogP contribution in [0.15, 0.2) is 48.5 Å². The quantitative estimate of drug-likeness (QED) is 0.106. The molecule has 2 aliphatic carbocycles. The zero-order valence-corrected chi connectivity index (χ0v) is 38.2. The summed E-state index contributed by atoms with van der Waals surface area (Å²) in [5, 5.41) is 5.45. The van der Waals surface area contributed by atoms with Crippen LogP contribution >= 0.6 is 0 Å². The Kier molecular flexibility index (Phi) is 11.9. The molecule has 0 bridgehead atoms. The summed E-state index contributed by atoms with van der Waals surface area (Å²) in [5.74, 6) is 1.04. The van der Waals surface area contributed by atoms with Crippen LogP contribution in [0.1, 0.15) is 125 Å². The van der Waals surface area contributed by atoms with Crippen LogP contribution in [0.4, 0.5) is 9.59 Å². The number of fused-ring (bicyclic) bond motifs is 3. The molecular weight excluding hydrogens is 825 g/mol. The van der Waals surface area contributed by atoms with Crippen molar-refractivity contribution in [3.63, 3.8) is 0 Å². The average molecular weight is 885 g/mol. The van der Waals surface area contributed by atoms with Gasteiger partial charge in [-0.25, -0.2) is 19.6 Å². The molecule has 9 rings (SSSR count). The number of imidazole rings is 2. The molecule has 2 saturated heterocycles. The van der Waals surface area contributed by atoms with Crippen molar-refractivity contribution in [3.05, 3.63) is 71.3 Å². The Bertz CT molecular complexity index is 2680. The number of ether oxygens (including phenoxy) is 2. The number of aromatic amines is 2. The summed E-state index contributed by atoms with van der Waals surface area (Å²) in [5.41, 5.74) is 8.51. The topological polar surface area (TPSA) is 192 Å². The second kappa shape index (κ2) is 17.6. The van der Waals surface area contributed by atoms with Gasteiger partial charge >= 0.3 is 12.2 Å². The Labute approximate surface area is 378 Å². The number of carbonyl (C=O) groups is 5. The molecule has 5 aromatic rings. The molecule has 15 nitrogen and oxygen atoms in total. The summed E-state index contributed by atoms with van der Waals surface area (Å²) >= 11 is 0. The van der Waals surface area contributed by atoms with Gasteiger partial charge < -0.3 is 39.9 Å². The van der Waals surface area contributed by atoms with Gasteiger partial charge in [0.1, 0.15) is 23.7 Å². The van der Waals surface area contributed by atoms with E-state index in [4.69, 9.17) is 19.4 Å². The van der Waals surface area contributed by atoms with Crippen LogP contribution < -0.4 is 10.6 Å². The number of likely N-dealkylation sites (tertiary alicyclic amines) is 2. The van der Waals surface area contributed by atoms with Crippen molar-refractivity contribution in [1.82, 2.24) is 40.4 Å². The van der Waals surface area contributed by atoms with Crippen LogP contribution in [0.25, 0.3) is 44.3 Å². The maximum atomic E-state index is 14.9. The number of methoxy groups -OCH3 is 2. The highest BCUT2D eigenvalue weighted by atomic mass is 16.5. The number of nitrogens with one attached hydrogen (secondary N) is 4. The van der Waals surface area contributed by atoms with E-state index in [1.165, 1.54) is 14.2 Å². The van der Waals surface area contributed by atoms with E-state index in [2.05, 4.69) is 50.9 Å². The molecule has 3 fully saturated rings. The molecule has 4 atom stereocenters. The molecule has 2 aromatic heterocycles. The van der Waals surface area contributed by atoms with Gasteiger partial charge in [0.2, 0.25) is 11.8 Å².